The van der Waals surface area contributed by atoms with Crippen LogP contribution in [0, 0.1) is 6.92 Å². The van der Waals surface area contributed by atoms with Crippen LogP contribution in [-0.4, -0.2) is 24.4 Å². The quantitative estimate of drug-likeness (QED) is 0.667. The van der Waals surface area contributed by atoms with Crippen molar-refractivity contribution in [1.29, 1.82) is 0 Å². The van der Waals surface area contributed by atoms with Gasteiger partial charge in [0.05, 0.1) is 0 Å². The average molecular weight is 402 g/mol. The number of nitrogens with one attached hydrogen (secondary N) is 3. The maximum absolute atomic E-state index is 12.4. The molecular formula is C22H28ClN3O2. The lowest BCUT2D eigenvalue weighted by Gasteiger charge is -2.11. The number of carbonyl (C=O) groups is 2. The van der Waals surface area contributed by atoms with Crippen molar-refractivity contribution < 1.29 is 9.59 Å². The van der Waals surface area contributed by atoms with Crippen LogP contribution in [0.3, 0.4) is 0 Å². The predicted molar refractivity (Wildman–Crippen MR) is 114 cm³/mol. The third kappa shape index (κ3) is 6.66. The SMILES string of the molecule is Cc1ccc(CNC(=O)c2cccc(CNC(=O)CC3CCCN3)c2)cc1.Cl. The molecule has 1 saturated heterocycles. The zero-order valence-corrected chi connectivity index (χ0v) is 17.0. The molecule has 1 aliphatic rings. The number of amides is 2. The van der Waals surface area contributed by atoms with Gasteiger partial charge in [0.2, 0.25) is 5.91 Å². The van der Waals surface area contributed by atoms with E-state index in [9.17, 15) is 9.59 Å². The summed E-state index contributed by atoms with van der Waals surface area (Å²) >= 11 is 0. The van der Waals surface area contributed by atoms with Gasteiger partial charge in [-0.3, -0.25) is 9.59 Å². The summed E-state index contributed by atoms with van der Waals surface area (Å²) in [6, 6.07) is 15.8. The highest BCUT2D eigenvalue weighted by atomic mass is 35.5. The highest BCUT2D eigenvalue weighted by Crippen LogP contribution is 2.10. The zero-order chi connectivity index (χ0) is 19.1. The molecule has 1 atom stereocenters. The number of hydrogen-bond acceptors (Lipinski definition) is 3. The van der Waals surface area contributed by atoms with E-state index in [2.05, 4.69) is 16.0 Å². The second-order valence-electron chi connectivity index (χ2n) is 7.14. The van der Waals surface area contributed by atoms with Crippen LogP contribution in [0.2, 0.25) is 0 Å². The van der Waals surface area contributed by atoms with Gasteiger partial charge in [0.15, 0.2) is 0 Å². The van der Waals surface area contributed by atoms with E-state index in [1.54, 1.807) is 6.07 Å². The molecule has 1 aliphatic heterocycles. The summed E-state index contributed by atoms with van der Waals surface area (Å²) in [5, 5.41) is 9.21. The average Bonchev–Trinajstić information content (AvgIpc) is 3.19. The van der Waals surface area contributed by atoms with Crippen molar-refractivity contribution in [3.8, 4) is 0 Å². The van der Waals surface area contributed by atoms with Crippen molar-refractivity contribution in [1.82, 2.24) is 16.0 Å². The molecule has 5 nitrogen and oxygen atoms in total. The fraction of sp³-hybridized carbons (Fsp3) is 0.364. The number of benzene rings is 2. The van der Waals surface area contributed by atoms with Crippen molar-refractivity contribution in [3.05, 3.63) is 70.8 Å². The standard InChI is InChI=1S/C22H27N3O2.ClH/c1-16-7-9-17(10-8-16)14-25-22(27)19-5-2-4-18(12-19)15-24-21(26)13-20-6-3-11-23-20;/h2,4-5,7-10,12,20,23H,3,6,11,13-15H2,1H3,(H,24,26)(H,25,27);1H. The molecule has 2 aromatic carbocycles. The van der Waals surface area contributed by atoms with Crippen molar-refractivity contribution in [2.24, 2.45) is 0 Å². The van der Waals surface area contributed by atoms with Crippen LogP contribution in [0.1, 0.15) is 46.3 Å². The lowest BCUT2D eigenvalue weighted by Crippen LogP contribution is -2.31. The Morgan fingerprint density at radius 2 is 1.79 bits per heavy atom. The van der Waals surface area contributed by atoms with E-state index in [1.165, 1.54) is 5.56 Å². The first kappa shape index (κ1) is 21.9. The van der Waals surface area contributed by atoms with Crippen LogP contribution in [0.25, 0.3) is 0 Å². The van der Waals surface area contributed by atoms with Crippen molar-refractivity contribution in [2.45, 2.75) is 45.3 Å². The number of halogens is 1. The third-order valence-electron chi connectivity index (χ3n) is 4.85. The first-order chi connectivity index (χ1) is 13.1. The summed E-state index contributed by atoms with van der Waals surface area (Å²) in [6.07, 6.45) is 2.71. The Morgan fingerprint density at radius 3 is 2.50 bits per heavy atom. The van der Waals surface area contributed by atoms with E-state index in [-0.39, 0.29) is 24.2 Å². The number of carbonyl (C=O) groups excluding carboxylic acids is 2. The summed E-state index contributed by atoms with van der Waals surface area (Å²) in [6.45, 7) is 3.97. The summed E-state index contributed by atoms with van der Waals surface area (Å²) < 4.78 is 0. The van der Waals surface area contributed by atoms with Crippen LogP contribution < -0.4 is 16.0 Å². The molecule has 0 spiro atoms. The molecule has 1 unspecified atom stereocenters. The molecule has 2 amide bonds. The summed E-state index contributed by atoms with van der Waals surface area (Å²) in [5.41, 5.74) is 3.79. The molecule has 0 radical (unpaired) electrons. The molecule has 3 rings (SSSR count). The zero-order valence-electron chi connectivity index (χ0n) is 16.2. The lowest BCUT2D eigenvalue weighted by molar-refractivity contribution is -0.121. The Hall–Kier alpha value is -2.37. The van der Waals surface area contributed by atoms with Crippen LogP contribution in [-0.2, 0) is 17.9 Å². The van der Waals surface area contributed by atoms with Crippen LogP contribution in [0.15, 0.2) is 48.5 Å². The van der Waals surface area contributed by atoms with Gasteiger partial charge in [0, 0.05) is 31.1 Å². The second kappa shape index (κ2) is 10.8. The molecule has 1 fully saturated rings. The smallest absolute Gasteiger partial charge is 0.251 e. The number of aryl methyl sites for hydroxylation is 1. The Balaban J connectivity index is 0.00000280. The van der Waals surface area contributed by atoms with Crippen molar-refractivity contribution >= 4 is 24.2 Å². The number of rotatable bonds is 7. The molecule has 28 heavy (non-hydrogen) atoms. The Bertz CT molecular complexity index is 787. The topological polar surface area (TPSA) is 70.2 Å². The third-order valence-corrected chi connectivity index (χ3v) is 4.85. The summed E-state index contributed by atoms with van der Waals surface area (Å²) in [4.78, 5) is 24.4. The highest BCUT2D eigenvalue weighted by Gasteiger charge is 2.17. The van der Waals surface area contributed by atoms with Crippen molar-refractivity contribution in [2.75, 3.05) is 6.54 Å². The Morgan fingerprint density at radius 1 is 1.04 bits per heavy atom. The van der Waals surface area contributed by atoms with Crippen LogP contribution >= 0.6 is 12.4 Å². The molecule has 150 valence electrons. The molecule has 0 aromatic heterocycles. The second-order valence-corrected chi connectivity index (χ2v) is 7.14. The summed E-state index contributed by atoms with van der Waals surface area (Å²) in [7, 11) is 0. The molecule has 1 heterocycles. The van der Waals surface area contributed by atoms with E-state index in [0.717, 1.165) is 30.5 Å². The largest absolute Gasteiger partial charge is 0.352 e. The van der Waals surface area contributed by atoms with Crippen LogP contribution in [0.5, 0.6) is 0 Å². The van der Waals surface area contributed by atoms with E-state index in [4.69, 9.17) is 0 Å². The Labute approximate surface area is 172 Å². The normalized spacial score (nSPS) is 15.5. The van der Waals surface area contributed by atoms with Gasteiger partial charge in [-0.2, -0.15) is 0 Å². The lowest BCUT2D eigenvalue weighted by atomic mass is 10.1. The minimum Gasteiger partial charge on any atom is -0.352 e. The number of hydrogen-bond donors (Lipinski definition) is 3. The molecule has 0 bridgehead atoms. The van der Waals surface area contributed by atoms with Crippen molar-refractivity contribution in [3.63, 3.8) is 0 Å². The maximum Gasteiger partial charge on any atom is 0.251 e. The van der Waals surface area contributed by atoms with Gasteiger partial charge in [0.25, 0.3) is 5.91 Å². The van der Waals surface area contributed by atoms with E-state index < -0.39 is 0 Å². The van der Waals surface area contributed by atoms with Gasteiger partial charge in [-0.25, -0.2) is 0 Å². The fourth-order valence-electron chi connectivity index (χ4n) is 3.24. The molecular weight excluding hydrogens is 374 g/mol. The van der Waals surface area contributed by atoms with Gasteiger partial charge in [-0.15, -0.1) is 12.4 Å². The molecule has 0 aliphatic carbocycles. The van der Waals surface area contributed by atoms with Crippen LogP contribution in [0.4, 0.5) is 0 Å². The highest BCUT2D eigenvalue weighted by molar-refractivity contribution is 5.94. The van der Waals surface area contributed by atoms with Gasteiger partial charge >= 0.3 is 0 Å². The maximum atomic E-state index is 12.4. The fourth-order valence-corrected chi connectivity index (χ4v) is 3.24. The first-order valence-corrected chi connectivity index (χ1v) is 9.53. The molecule has 2 aromatic rings. The van der Waals surface area contributed by atoms with Gasteiger partial charge < -0.3 is 16.0 Å². The monoisotopic (exact) mass is 401 g/mol. The predicted octanol–water partition coefficient (Wildman–Crippen LogP) is 3.11. The van der Waals surface area contributed by atoms with Gasteiger partial charge in [-0.1, -0.05) is 42.0 Å². The van der Waals surface area contributed by atoms with E-state index in [0.29, 0.717) is 31.1 Å². The minimum absolute atomic E-state index is 0. The van der Waals surface area contributed by atoms with Gasteiger partial charge in [-0.05, 0) is 49.6 Å². The first-order valence-electron chi connectivity index (χ1n) is 9.53. The summed E-state index contributed by atoms with van der Waals surface area (Å²) in [5.74, 6) is -0.0671. The molecule has 0 saturated carbocycles. The van der Waals surface area contributed by atoms with Gasteiger partial charge in [0.1, 0.15) is 0 Å². The van der Waals surface area contributed by atoms with E-state index >= 15 is 0 Å². The molecule has 6 heteroatoms. The Kier molecular flexibility index (Phi) is 8.48. The minimum atomic E-state index is -0.112. The molecule has 3 N–H and O–H groups in total. The van der Waals surface area contributed by atoms with E-state index in [1.807, 2.05) is 49.4 Å².